The summed E-state index contributed by atoms with van der Waals surface area (Å²) in [4.78, 5) is 11.3. The summed E-state index contributed by atoms with van der Waals surface area (Å²) in [5, 5.41) is 2.53. The van der Waals surface area contributed by atoms with Crippen LogP contribution >= 0.6 is 11.6 Å². The van der Waals surface area contributed by atoms with Gasteiger partial charge in [-0.1, -0.05) is 13.3 Å². The van der Waals surface area contributed by atoms with E-state index in [1.807, 2.05) is 6.92 Å². The highest BCUT2D eigenvalue weighted by Crippen LogP contribution is 1.95. The number of hydrogen-bond donors (Lipinski definition) is 2. The highest BCUT2D eigenvalue weighted by Gasteiger charge is 2.16. The van der Waals surface area contributed by atoms with Gasteiger partial charge in [-0.2, -0.15) is 0 Å². The van der Waals surface area contributed by atoms with Crippen LogP contribution in [0.5, 0.6) is 0 Å². The third-order valence-electron chi connectivity index (χ3n) is 1.51. The first-order valence-electron chi connectivity index (χ1n) is 4.35. The van der Waals surface area contributed by atoms with Gasteiger partial charge in [0.1, 0.15) is 0 Å². The quantitative estimate of drug-likeness (QED) is 0.417. The van der Waals surface area contributed by atoms with Crippen LogP contribution in [0.4, 0.5) is 4.79 Å². The number of carbonyl (C=O) groups is 1. The molecule has 0 bridgehead atoms. The molecule has 0 aliphatic carbocycles. The molecule has 0 fully saturated rings. The monoisotopic (exact) mass is 242 g/mol. The lowest BCUT2D eigenvalue weighted by atomic mass is 10.3. The zero-order valence-electron chi connectivity index (χ0n) is 8.03. The van der Waals surface area contributed by atoms with E-state index in [1.54, 1.807) is 0 Å². The minimum Gasteiger partial charge on any atom is -0.337 e. The predicted octanol–water partition coefficient (Wildman–Crippen LogP) is 1.17. The first kappa shape index (κ1) is 13.7. The van der Waals surface area contributed by atoms with E-state index in [2.05, 4.69) is 5.32 Å². The molecule has 0 aromatic carbocycles. The molecular weight excluding hydrogens is 228 g/mol. The lowest BCUT2D eigenvalue weighted by molar-refractivity contribution is 0.223. The molecule has 0 heterocycles. The summed E-state index contributed by atoms with van der Waals surface area (Å²) in [5.41, 5.74) is 0. The number of rotatable bonds is 6. The third-order valence-corrected chi connectivity index (χ3v) is 2.40. The molecule has 0 rings (SSSR count). The average molecular weight is 243 g/mol. The van der Waals surface area contributed by atoms with Crippen LogP contribution in [0.3, 0.4) is 0 Å². The number of alkyl halides is 1. The van der Waals surface area contributed by atoms with E-state index in [1.165, 1.54) is 0 Å². The van der Waals surface area contributed by atoms with Crippen LogP contribution in [0.15, 0.2) is 0 Å². The van der Waals surface area contributed by atoms with Crippen molar-refractivity contribution in [2.75, 3.05) is 19.0 Å². The van der Waals surface area contributed by atoms with Gasteiger partial charge in [-0.25, -0.2) is 13.3 Å². The van der Waals surface area contributed by atoms with E-state index in [9.17, 15) is 9.00 Å². The third kappa shape index (κ3) is 5.41. The van der Waals surface area contributed by atoms with Gasteiger partial charge < -0.3 is 5.32 Å². The highest BCUT2D eigenvalue weighted by molar-refractivity contribution is 7.77. The molecule has 84 valence electrons. The standard InChI is InChI=1S/C7H15ClN2O3S/c1-2-3-5-9-7(11)10(6-4-8)14(12)13/h2-6H2,1H3,(H,9,11)(H,12,13). The van der Waals surface area contributed by atoms with Gasteiger partial charge in [0.15, 0.2) is 0 Å². The van der Waals surface area contributed by atoms with Gasteiger partial charge in [0.25, 0.3) is 11.3 Å². The lowest BCUT2D eigenvalue weighted by Gasteiger charge is -2.16. The van der Waals surface area contributed by atoms with Gasteiger partial charge in [0.2, 0.25) is 0 Å². The number of carbonyl (C=O) groups excluding carboxylic acids is 1. The van der Waals surface area contributed by atoms with Crippen molar-refractivity contribution in [1.82, 2.24) is 9.62 Å². The van der Waals surface area contributed by atoms with E-state index in [-0.39, 0.29) is 12.4 Å². The summed E-state index contributed by atoms with van der Waals surface area (Å²) in [6.07, 6.45) is 1.80. The fourth-order valence-electron chi connectivity index (χ4n) is 0.788. The second-order valence-corrected chi connectivity index (χ2v) is 3.89. The molecular formula is C7H15ClN2O3S. The number of nitrogens with one attached hydrogen (secondary N) is 1. The van der Waals surface area contributed by atoms with E-state index in [4.69, 9.17) is 16.2 Å². The van der Waals surface area contributed by atoms with Crippen molar-refractivity contribution >= 4 is 28.9 Å². The largest absolute Gasteiger partial charge is 0.337 e. The van der Waals surface area contributed by atoms with Crippen LogP contribution in [0.25, 0.3) is 0 Å². The number of amides is 2. The molecule has 0 radical (unpaired) electrons. The molecule has 1 unspecified atom stereocenters. The van der Waals surface area contributed by atoms with Crippen molar-refractivity contribution in [2.24, 2.45) is 0 Å². The number of unbranched alkanes of at least 4 members (excludes halogenated alkanes) is 1. The molecule has 7 heteroatoms. The Bertz CT molecular complexity index is 203. The van der Waals surface area contributed by atoms with Crippen LogP contribution in [0, 0.1) is 0 Å². The molecule has 0 aromatic rings. The zero-order chi connectivity index (χ0) is 11.0. The smallest absolute Gasteiger partial charge is 0.331 e. The van der Waals surface area contributed by atoms with E-state index in [0.29, 0.717) is 6.54 Å². The first-order valence-corrected chi connectivity index (χ1v) is 5.95. The summed E-state index contributed by atoms with van der Waals surface area (Å²) in [7, 11) is 0. The lowest BCUT2D eigenvalue weighted by Crippen LogP contribution is -2.42. The normalized spacial score (nSPS) is 12.2. The van der Waals surface area contributed by atoms with Crippen molar-refractivity contribution in [2.45, 2.75) is 19.8 Å². The molecule has 5 nitrogen and oxygen atoms in total. The van der Waals surface area contributed by atoms with Gasteiger partial charge in [-0.3, -0.25) is 4.55 Å². The Hall–Kier alpha value is -0.330. The van der Waals surface area contributed by atoms with Crippen LogP contribution in [-0.4, -0.2) is 38.1 Å². The van der Waals surface area contributed by atoms with Crippen LogP contribution in [0.1, 0.15) is 19.8 Å². The van der Waals surface area contributed by atoms with Gasteiger partial charge in [0, 0.05) is 12.4 Å². The van der Waals surface area contributed by atoms with Gasteiger partial charge in [-0.05, 0) is 6.42 Å². The Morgan fingerprint density at radius 1 is 1.64 bits per heavy atom. The van der Waals surface area contributed by atoms with E-state index in [0.717, 1.165) is 17.1 Å². The predicted molar refractivity (Wildman–Crippen MR) is 56.5 cm³/mol. The van der Waals surface area contributed by atoms with Crippen molar-refractivity contribution in [3.8, 4) is 0 Å². The van der Waals surface area contributed by atoms with E-state index >= 15 is 0 Å². The highest BCUT2D eigenvalue weighted by atomic mass is 35.5. The van der Waals surface area contributed by atoms with Crippen LogP contribution in [0.2, 0.25) is 0 Å². The maximum absolute atomic E-state index is 11.3. The Morgan fingerprint density at radius 3 is 2.71 bits per heavy atom. The van der Waals surface area contributed by atoms with Crippen LogP contribution < -0.4 is 5.32 Å². The maximum atomic E-state index is 11.3. The Balaban J connectivity index is 3.96. The summed E-state index contributed by atoms with van der Waals surface area (Å²) >= 11 is 3.08. The van der Waals surface area contributed by atoms with Crippen molar-refractivity contribution in [3.05, 3.63) is 0 Å². The Labute approximate surface area is 91.2 Å². The van der Waals surface area contributed by atoms with Crippen molar-refractivity contribution in [1.29, 1.82) is 0 Å². The second kappa shape index (κ2) is 8.02. The average Bonchev–Trinajstić information content (AvgIpc) is 2.13. The minimum absolute atomic E-state index is 0.0582. The molecule has 0 aromatic heterocycles. The number of urea groups is 1. The second-order valence-electron chi connectivity index (χ2n) is 2.61. The van der Waals surface area contributed by atoms with Crippen molar-refractivity contribution < 1.29 is 13.6 Å². The van der Waals surface area contributed by atoms with Crippen LogP contribution in [-0.2, 0) is 11.3 Å². The number of hydrogen-bond acceptors (Lipinski definition) is 2. The topological polar surface area (TPSA) is 69.6 Å². The SMILES string of the molecule is CCCCNC(=O)N(CCCl)S(=O)O. The molecule has 2 amide bonds. The molecule has 0 spiro atoms. The molecule has 1 atom stereocenters. The zero-order valence-corrected chi connectivity index (χ0v) is 9.61. The first-order chi connectivity index (χ1) is 6.63. The summed E-state index contributed by atoms with van der Waals surface area (Å²) in [6.45, 7) is 2.56. The minimum atomic E-state index is -2.30. The van der Waals surface area contributed by atoms with Gasteiger partial charge >= 0.3 is 6.03 Å². The summed E-state index contributed by atoms with van der Waals surface area (Å²) in [6, 6.07) is -0.556. The van der Waals surface area contributed by atoms with Gasteiger partial charge in [0.05, 0.1) is 6.54 Å². The fourth-order valence-corrected chi connectivity index (χ4v) is 1.51. The summed E-state index contributed by atoms with van der Waals surface area (Å²) in [5.74, 6) is 0.132. The molecule has 0 aliphatic heterocycles. The number of nitrogens with zero attached hydrogens (tertiary/aromatic N) is 1. The van der Waals surface area contributed by atoms with Gasteiger partial charge in [-0.15, -0.1) is 11.6 Å². The molecule has 2 N–H and O–H groups in total. The molecule has 0 saturated heterocycles. The molecule has 14 heavy (non-hydrogen) atoms. The fraction of sp³-hybridized carbons (Fsp3) is 0.857. The number of halogens is 1. The summed E-state index contributed by atoms with van der Waals surface area (Å²) < 4.78 is 20.2. The van der Waals surface area contributed by atoms with E-state index < -0.39 is 17.3 Å². The maximum Gasteiger partial charge on any atom is 0.331 e. The Kier molecular flexibility index (Phi) is 7.83. The molecule has 0 saturated carbocycles. The van der Waals surface area contributed by atoms with Crippen molar-refractivity contribution in [3.63, 3.8) is 0 Å². The Morgan fingerprint density at radius 2 is 2.29 bits per heavy atom. The molecule has 0 aliphatic rings.